The van der Waals surface area contributed by atoms with Crippen LogP contribution in [0.1, 0.15) is 50.7 Å². The average Bonchev–Trinajstić information content (AvgIpc) is 2.96. The number of amides is 1. The SMILES string of the molecule is CNC(=O)c1noc2c1C(=O)C(SCCCCC=O)=CC2=O. The maximum absolute atomic E-state index is 12.4. The number of rotatable bonds is 7. The Morgan fingerprint density at radius 3 is 2.86 bits per heavy atom. The summed E-state index contributed by atoms with van der Waals surface area (Å²) in [5.74, 6) is -1.09. The molecule has 1 aliphatic carbocycles. The molecule has 0 spiro atoms. The molecule has 0 saturated heterocycles. The van der Waals surface area contributed by atoms with Crippen molar-refractivity contribution in [2.45, 2.75) is 19.3 Å². The summed E-state index contributed by atoms with van der Waals surface area (Å²) in [5, 5.41) is 5.86. The zero-order valence-corrected chi connectivity index (χ0v) is 12.7. The van der Waals surface area contributed by atoms with Crippen LogP contribution in [0.25, 0.3) is 0 Å². The van der Waals surface area contributed by atoms with E-state index in [4.69, 9.17) is 4.52 Å². The first kappa shape index (κ1) is 16.2. The van der Waals surface area contributed by atoms with Crippen LogP contribution >= 0.6 is 11.8 Å². The number of ketones is 2. The van der Waals surface area contributed by atoms with Crippen LogP contribution in [0.3, 0.4) is 0 Å². The highest BCUT2D eigenvalue weighted by Gasteiger charge is 2.35. The number of hydrogen-bond donors (Lipinski definition) is 1. The first-order valence-corrected chi connectivity index (χ1v) is 7.67. The van der Waals surface area contributed by atoms with Crippen molar-refractivity contribution >= 4 is 35.5 Å². The van der Waals surface area contributed by atoms with Crippen molar-refractivity contribution < 1.29 is 23.7 Å². The molecule has 1 aromatic rings. The number of aromatic nitrogens is 1. The average molecular weight is 322 g/mol. The lowest BCUT2D eigenvalue weighted by atomic mass is 10.00. The van der Waals surface area contributed by atoms with Crippen molar-refractivity contribution in [1.29, 1.82) is 0 Å². The fourth-order valence-corrected chi connectivity index (χ4v) is 2.93. The molecule has 2 rings (SSSR count). The Kier molecular flexibility index (Phi) is 5.26. The van der Waals surface area contributed by atoms with Gasteiger partial charge in [-0.05, 0) is 18.6 Å². The molecule has 1 aromatic heterocycles. The van der Waals surface area contributed by atoms with E-state index in [2.05, 4.69) is 10.5 Å². The monoisotopic (exact) mass is 322 g/mol. The minimum atomic E-state index is -0.580. The molecule has 0 atom stereocenters. The summed E-state index contributed by atoms with van der Waals surface area (Å²) in [6, 6.07) is 0. The molecule has 0 aromatic carbocycles. The number of Topliss-reactive ketones (excluding diaryl/α,β-unsaturated/α-hetero) is 1. The molecule has 1 N–H and O–H groups in total. The highest BCUT2D eigenvalue weighted by molar-refractivity contribution is 8.04. The lowest BCUT2D eigenvalue weighted by Crippen LogP contribution is -2.23. The maximum Gasteiger partial charge on any atom is 0.274 e. The van der Waals surface area contributed by atoms with Gasteiger partial charge in [0, 0.05) is 19.5 Å². The largest absolute Gasteiger partial charge is 0.354 e. The standard InChI is InChI=1S/C14H14N2O5S/c1-15-14(20)11-10-12(19)9(22-6-4-2-3-5-17)7-8(18)13(10)21-16-11/h5,7H,2-4,6H2,1H3,(H,15,20). The molecule has 7 nitrogen and oxygen atoms in total. The summed E-state index contributed by atoms with van der Waals surface area (Å²) in [6.45, 7) is 0. The fourth-order valence-electron chi connectivity index (χ4n) is 1.93. The smallest absolute Gasteiger partial charge is 0.274 e. The third-order valence-corrected chi connectivity index (χ3v) is 4.15. The predicted molar refractivity (Wildman–Crippen MR) is 79.0 cm³/mol. The molecular weight excluding hydrogens is 308 g/mol. The molecule has 1 heterocycles. The van der Waals surface area contributed by atoms with Gasteiger partial charge in [-0.1, -0.05) is 5.16 Å². The van der Waals surface area contributed by atoms with Gasteiger partial charge < -0.3 is 14.6 Å². The van der Waals surface area contributed by atoms with Crippen LogP contribution in [0.4, 0.5) is 0 Å². The van der Waals surface area contributed by atoms with Crippen molar-refractivity contribution in [2.75, 3.05) is 12.8 Å². The molecule has 22 heavy (non-hydrogen) atoms. The van der Waals surface area contributed by atoms with Crippen molar-refractivity contribution in [3.63, 3.8) is 0 Å². The van der Waals surface area contributed by atoms with E-state index in [-0.39, 0.29) is 21.9 Å². The minimum absolute atomic E-state index is 0.0813. The quantitative estimate of drug-likeness (QED) is 0.597. The first-order valence-electron chi connectivity index (χ1n) is 6.69. The van der Waals surface area contributed by atoms with Crippen LogP contribution in [0.15, 0.2) is 15.5 Å². The van der Waals surface area contributed by atoms with E-state index in [1.165, 1.54) is 24.9 Å². The third kappa shape index (κ3) is 3.16. The Morgan fingerprint density at radius 2 is 2.18 bits per heavy atom. The highest BCUT2D eigenvalue weighted by Crippen LogP contribution is 2.30. The molecule has 0 bridgehead atoms. The number of nitrogens with one attached hydrogen (secondary N) is 1. The van der Waals surface area contributed by atoms with Crippen LogP contribution in [0, 0.1) is 0 Å². The van der Waals surface area contributed by atoms with E-state index in [9.17, 15) is 19.2 Å². The second-order valence-electron chi connectivity index (χ2n) is 4.53. The summed E-state index contributed by atoms with van der Waals surface area (Å²) in [6.07, 6.45) is 4.00. The Balaban J connectivity index is 2.15. The number of allylic oxidation sites excluding steroid dienone is 2. The van der Waals surface area contributed by atoms with Crippen LogP contribution in [0.5, 0.6) is 0 Å². The Labute approximate surface area is 130 Å². The van der Waals surface area contributed by atoms with E-state index in [1.54, 1.807) is 0 Å². The number of aldehydes is 1. The number of unbranched alkanes of at least 4 members (excludes halogenated alkanes) is 2. The number of thioether (sulfide) groups is 1. The Bertz CT molecular complexity index is 662. The molecule has 1 aliphatic rings. The second-order valence-corrected chi connectivity index (χ2v) is 5.66. The number of nitrogens with zero attached hydrogens (tertiary/aromatic N) is 1. The molecule has 8 heteroatoms. The number of hydrogen-bond acceptors (Lipinski definition) is 7. The molecule has 0 radical (unpaired) electrons. The normalized spacial score (nSPS) is 13.6. The molecular formula is C14H14N2O5S. The zero-order chi connectivity index (χ0) is 16.1. The van der Waals surface area contributed by atoms with Gasteiger partial charge in [-0.25, -0.2) is 0 Å². The van der Waals surface area contributed by atoms with Crippen molar-refractivity contribution in [1.82, 2.24) is 10.5 Å². The van der Waals surface area contributed by atoms with Gasteiger partial charge in [-0.3, -0.25) is 14.4 Å². The summed E-state index contributed by atoms with van der Waals surface area (Å²) < 4.78 is 4.82. The van der Waals surface area contributed by atoms with Gasteiger partial charge in [0.25, 0.3) is 5.91 Å². The van der Waals surface area contributed by atoms with Crippen molar-refractivity contribution in [3.05, 3.63) is 28.0 Å². The van der Waals surface area contributed by atoms with E-state index < -0.39 is 17.5 Å². The zero-order valence-electron chi connectivity index (χ0n) is 11.9. The van der Waals surface area contributed by atoms with Gasteiger partial charge in [-0.2, -0.15) is 0 Å². The van der Waals surface area contributed by atoms with E-state index in [0.717, 1.165) is 19.1 Å². The molecule has 0 fully saturated rings. The Morgan fingerprint density at radius 1 is 1.41 bits per heavy atom. The molecule has 116 valence electrons. The van der Waals surface area contributed by atoms with E-state index in [1.807, 2.05) is 0 Å². The first-order chi connectivity index (χ1) is 10.6. The second kappa shape index (κ2) is 7.17. The lowest BCUT2D eigenvalue weighted by molar-refractivity contribution is -0.107. The lowest BCUT2D eigenvalue weighted by Gasteiger charge is -2.10. The number of carbonyl (C=O) groups excluding carboxylic acids is 4. The summed E-state index contributed by atoms with van der Waals surface area (Å²) in [4.78, 5) is 46.5. The molecule has 0 aliphatic heterocycles. The summed E-state index contributed by atoms with van der Waals surface area (Å²) in [5.41, 5.74) is -0.259. The van der Waals surface area contributed by atoms with Crippen LogP contribution in [-0.2, 0) is 4.79 Å². The van der Waals surface area contributed by atoms with Gasteiger partial charge >= 0.3 is 0 Å². The van der Waals surface area contributed by atoms with E-state index in [0.29, 0.717) is 12.2 Å². The van der Waals surface area contributed by atoms with Crippen LogP contribution < -0.4 is 5.32 Å². The summed E-state index contributed by atoms with van der Waals surface area (Å²) in [7, 11) is 1.40. The van der Waals surface area contributed by atoms with Crippen molar-refractivity contribution in [2.24, 2.45) is 0 Å². The minimum Gasteiger partial charge on any atom is -0.354 e. The van der Waals surface area contributed by atoms with Gasteiger partial charge in [0.1, 0.15) is 11.8 Å². The van der Waals surface area contributed by atoms with Gasteiger partial charge in [0.15, 0.2) is 5.69 Å². The van der Waals surface area contributed by atoms with Gasteiger partial charge in [0.05, 0.1) is 4.91 Å². The maximum atomic E-state index is 12.4. The van der Waals surface area contributed by atoms with E-state index >= 15 is 0 Å². The molecule has 1 amide bonds. The highest BCUT2D eigenvalue weighted by atomic mass is 32.2. The number of carbonyl (C=O) groups is 4. The van der Waals surface area contributed by atoms with Crippen LogP contribution in [0.2, 0.25) is 0 Å². The molecule has 0 unspecified atom stereocenters. The Hall–Kier alpha value is -2.22. The summed E-state index contributed by atoms with van der Waals surface area (Å²) >= 11 is 1.23. The van der Waals surface area contributed by atoms with Crippen molar-refractivity contribution in [3.8, 4) is 0 Å². The fraction of sp³-hybridized carbons (Fsp3) is 0.357. The third-order valence-electron chi connectivity index (χ3n) is 3.04. The topological polar surface area (TPSA) is 106 Å². The van der Waals surface area contributed by atoms with Crippen LogP contribution in [-0.4, -0.2) is 41.7 Å². The predicted octanol–water partition coefficient (Wildman–Crippen LogP) is 1.40. The van der Waals surface area contributed by atoms with Gasteiger partial charge in [-0.15, -0.1) is 11.8 Å². The molecule has 0 saturated carbocycles. The van der Waals surface area contributed by atoms with Gasteiger partial charge in [0.2, 0.25) is 17.3 Å². The number of fused-ring (bicyclic) bond motifs is 1.